The number of hydrogen-bond donors (Lipinski definition) is 1. The number of aromatic hydroxyl groups is 1. The highest BCUT2D eigenvalue weighted by Crippen LogP contribution is 2.42. The number of halogens is 1. The normalized spacial score (nSPS) is 16.1. The number of thiophene rings is 1. The van der Waals surface area contributed by atoms with Crippen LogP contribution in [0.4, 0.5) is 4.39 Å². The third-order valence-corrected chi connectivity index (χ3v) is 8.08. The van der Waals surface area contributed by atoms with Crippen molar-refractivity contribution in [3.8, 4) is 22.6 Å². The van der Waals surface area contributed by atoms with E-state index in [0.29, 0.717) is 28.2 Å². The van der Waals surface area contributed by atoms with E-state index in [0.717, 1.165) is 52.5 Å². The Bertz CT molecular complexity index is 1400. The van der Waals surface area contributed by atoms with E-state index in [1.165, 1.54) is 29.9 Å². The van der Waals surface area contributed by atoms with E-state index in [1.54, 1.807) is 26.0 Å². The maximum absolute atomic E-state index is 13.9. The molecule has 1 fully saturated rings. The first-order valence-corrected chi connectivity index (χ1v) is 13.1. The zero-order valence-corrected chi connectivity index (χ0v) is 21.6. The van der Waals surface area contributed by atoms with E-state index in [4.69, 9.17) is 4.74 Å². The highest BCUT2D eigenvalue weighted by molar-refractivity contribution is 7.21. The lowest BCUT2D eigenvalue weighted by Crippen LogP contribution is -2.25. The average Bonchev–Trinajstić information content (AvgIpc) is 3.41. The Hall–Kier alpha value is -3.22. The maximum atomic E-state index is 13.9. The zero-order chi connectivity index (χ0) is 25.4. The molecule has 186 valence electrons. The van der Waals surface area contributed by atoms with Crippen molar-refractivity contribution in [2.45, 2.75) is 27.2 Å². The minimum absolute atomic E-state index is 0.138. The summed E-state index contributed by atoms with van der Waals surface area (Å²) in [6, 6.07) is 15.8. The van der Waals surface area contributed by atoms with Gasteiger partial charge in [0.05, 0.1) is 4.88 Å². The molecule has 5 rings (SSSR count). The number of ether oxygens (including phenoxy) is 1. The first-order valence-electron chi connectivity index (χ1n) is 12.3. The molecule has 2 heterocycles. The molecular formula is C30H30FNO3S. The van der Waals surface area contributed by atoms with E-state index < -0.39 is 0 Å². The van der Waals surface area contributed by atoms with Crippen LogP contribution in [-0.2, 0) is 0 Å². The number of nitrogens with zero attached hydrogens (tertiary/aromatic N) is 1. The maximum Gasteiger partial charge on any atom is 0.204 e. The van der Waals surface area contributed by atoms with E-state index in [9.17, 15) is 14.3 Å². The predicted octanol–water partition coefficient (Wildman–Crippen LogP) is 6.98. The standard InChI is InChI=1S/C30H30FNO3S/c1-18-10-11-32(17-18)12-13-35-24-7-4-21(5-8-24)28-25-9-6-23(33)16-26(25)36-30(28)29(34)27-19(2)14-22(31)15-20(27)3/h4-9,14-16,18,33H,10-13,17H2,1-3H3. The minimum Gasteiger partial charge on any atom is -0.508 e. The monoisotopic (exact) mass is 503 g/mol. The lowest BCUT2D eigenvalue weighted by atomic mass is 9.94. The number of carbonyl (C=O) groups is 1. The fourth-order valence-corrected chi connectivity index (χ4v) is 6.36. The second kappa shape index (κ2) is 10.0. The zero-order valence-electron chi connectivity index (χ0n) is 20.8. The van der Waals surface area contributed by atoms with Gasteiger partial charge in [0.15, 0.2) is 0 Å². The molecule has 1 aliphatic rings. The molecule has 6 heteroatoms. The molecule has 0 amide bonds. The van der Waals surface area contributed by atoms with Crippen molar-refractivity contribution in [3.63, 3.8) is 0 Å². The van der Waals surface area contributed by atoms with Crippen molar-refractivity contribution in [2.75, 3.05) is 26.2 Å². The van der Waals surface area contributed by atoms with Crippen LogP contribution in [0.25, 0.3) is 21.2 Å². The van der Waals surface area contributed by atoms with Gasteiger partial charge in [0.2, 0.25) is 5.78 Å². The van der Waals surface area contributed by atoms with Crippen molar-refractivity contribution in [1.82, 2.24) is 4.90 Å². The van der Waals surface area contributed by atoms with Crippen LogP contribution in [-0.4, -0.2) is 42.0 Å². The van der Waals surface area contributed by atoms with Gasteiger partial charge >= 0.3 is 0 Å². The average molecular weight is 504 g/mol. The molecule has 1 aromatic heterocycles. The molecule has 0 spiro atoms. The number of rotatable bonds is 7. The first-order chi connectivity index (χ1) is 17.3. The molecule has 4 aromatic rings. The van der Waals surface area contributed by atoms with Gasteiger partial charge in [-0.15, -0.1) is 11.3 Å². The van der Waals surface area contributed by atoms with Gasteiger partial charge in [-0.25, -0.2) is 4.39 Å². The van der Waals surface area contributed by atoms with Crippen LogP contribution in [0.1, 0.15) is 39.7 Å². The van der Waals surface area contributed by atoms with E-state index in [-0.39, 0.29) is 17.3 Å². The Balaban J connectivity index is 1.46. The second-order valence-electron chi connectivity index (χ2n) is 9.80. The number of carbonyl (C=O) groups excluding carboxylic acids is 1. The summed E-state index contributed by atoms with van der Waals surface area (Å²) in [7, 11) is 0. The number of phenolic OH excluding ortho intramolecular Hbond substituents is 1. The fraction of sp³-hybridized carbons (Fsp3) is 0.300. The Morgan fingerprint density at radius 1 is 1.11 bits per heavy atom. The summed E-state index contributed by atoms with van der Waals surface area (Å²) < 4.78 is 20.7. The summed E-state index contributed by atoms with van der Waals surface area (Å²) in [4.78, 5) is 16.8. The molecule has 1 unspecified atom stereocenters. The molecule has 1 saturated heterocycles. The number of fused-ring (bicyclic) bond motifs is 1. The Morgan fingerprint density at radius 3 is 2.50 bits per heavy atom. The summed E-state index contributed by atoms with van der Waals surface area (Å²) in [5.74, 6) is 1.21. The number of phenols is 1. The van der Waals surface area contributed by atoms with Crippen LogP contribution >= 0.6 is 11.3 Å². The Morgan fingerprint density at radius 2 is 1.83 bits per heavy atom. The lowest BCUT2D eigenvalue weighted by Gasteiger charge is -2.15. The number of benzene rings is 3. The van der Waals surface area contributed by atoms with Gasteiger partial charge in [0.25, 0.3) is 0 Å². The third kappa shape index (κ3) is 4.88. The number of ketones is 1. The third-order valence-electron chi connectivity index (χ3n) is 6.93. The molecule has 0 aliphatic carbocycles. The van der Waals surface area contributed by atoms with Gasteiger partial charge in [0, 0.05) is 34.3 Å². The van der Waals surface area contributed by atoms with Crippen molar-refractivity contribution in [1.29, 1.82) is 0 Å². The van der Waals surface area contributed by atoms with E-state index >= 15 is 0 Å². The minimum atomic E-state index is -0.349. The van der Waals surface area contributed by atoms with Crippen molar-refractivity contribution in [3.05, 3.63) is 82.0 Å². The summed E-state index contributed by atoms with van der Waals surface area (Å²) in [5, 5.41) is 10.9. The van der Waals surface area contributed by atoms with Crippen LogP contribution in [0.5, 0.6) is 11.5 Å². The van der Waals surface area contributed by atoms with Crippen molar-refractivity contribution < 1.29 is 19.0 Å². The van der Waals surface area contributed by atoms with Crippen LogP contribution in [0, 0.1) is 25.6 Å². The Kier molecular flexibility index (Phi) is 6.82. The van der Waals surface area contributed by atoms with Gasteiger partial charge in [-0.05, 0) is 91.9 Å². The van der Waals surface area contributed by atoms with Crippen LogP contribution in [0.15, 0.2) is 54.6 Å². The van der Waals surface area contributed by atoms with Gasteiger partial charge < -0.3 is 9.84 Å². The summed E-state index contributed by atoms with van der Waals surface area (Å²) in [5.41, 5.74) is 3.46. The number of likely N-dealkylation sites (tertiary alicyclic amines) is 1. The lowest BCUT2D eigenvalue weighted by molar-refractivity contribution is 0.104. The van der Waals surface area contributed by atoms with Crippen LogP contribution < -0.4 is 4.74 Å². The number of hydrogen-bond acceptors (Lipinski definition) is 5. The molecule has 3 aromatic carbocycles. The molecule has 0 saturated carbocycles. The first kappa shape index (κ1) is 24.5. The molecular weight excluding hydrogens is 473 g/mol. The van der Waals surface area contributed by atoms with Gasteiger partial charge in [0.1, 0.15) is 23.9 Å². The molecule has 4 nitrogen and oxygen atoms in total. The van der Waals surface area contributed by atoms with E-state index in [2.05, 4.69) is 11.8 Å². The molecule has 1 N–H and O–H groups in total. The van der Waals surface area contributed by atoms with Crippen LogP contribution in [0.3, 0.4) is 0 Å². The molecule has 1 aliphatic heterocycles. The molecule has 0 bridgehead atoms. The fourth-order valence-electron chi connectivity index (χ4n) is 5.15. The summed E-state index contributed by atoms with van der Waals surface area (Å²) in [6.07, 6.45) is 1.25. The topological polar surface area (TPSA) is 49.8 Å². The highest BCUT2D eigenvalue weighted by Gasteiger charge is 2.24. The molecule has 36 heavy (non-hydrogen) atoms. The number of aryl methyl sites for hydroxylation is 2. The highest BCUT2D eigenvalue weighted by atomic mass is 32.1. The summed E-state index contributed by atoms with van der Waals surface area (Å²) >= 11 is 1.35. The predicted molar refractivity (Wildman–Crippen MR) is 144 cm³/mol. The van der Waals surface area contributed by atoms with Crippen LogP contribution in [0.2, 0.25) is 0 Å². The Labute approximate surface area is 215 Å². The molecule has 0 radical (unpaired) electrons. The second-order valence-corrected chi connectivity index (χ2v) is 10.8. The molecule has 1 atom stereocenters. The van der Waals surface area contributed by atoms with Crippen molar-refractivity contribution >= 4 is 27.2 Å². The summed E-state index contributed by atoms with van der Waals surface area (Å²) in [6.45, 7) is 9.63. The van der Waals surface area contributed by atoms with E-state index in [1.807, 2.05) is 30.3 Å². The SMILES string of the molecule is Cc1cc(F)cc(C)c1C(=O)c1sc2cc(O)ccc2c1-c1ccc(OCCN2CCC(C)C2)cc1. The quantitative estimate of drug-likeness (QED) is 0.276. The largest absolute Gasteiger partial charge is 0.508 e. The van der Waals surface area contributed by atoms with Crippen molar-refractivity contribution in [2.24, 2.45) is 5.92 Å². The van der Waals surface area contributed by atoms with Gasteiger partial charge in [-0.2, -0.15) is 0 Å². The van der Waals surface area contributed by atoms with Gasteiger partial charge in [-0.3, -0.25) is 9.69 Å². The van der Waals surface area contributed by atoms with Gasteiger partial charge in [-0.1, -0.05) is 19.1 Å². The smallest absolute Gasteiger partial charge is 0.204 e.